The summed E-state index contributed by atoms with van der Waals surface area (Å²) >= 11 is 0. The Morgan fingerprint density at radius 3 is 2.15 bits per heavy atom. The largest absolute Gasteiger partial charge is 0.325 e. The summed E-state index contributed by atoms with van der Waals surface area (Å²) in [5.41, 5.74) is 1.50. The molecule has 5 heterocycles. The number of benzene rings is 1. The van der Waals surface area contributed by atoms with Gasteiger partial charge in [-0.15, -0.1) is 0 Å². The molecular formula is C29H38N6O5. The Morgan fingerprint density at radius 1 is 0.775 bits per heavy atom. The number of nitrogens with one attached hydrogen (secondary N) is 1. The van der Waals surface area contributed by atoms with Crippen LogP contribution in [0.3, 0.4) is 0 Å². The zero-order chi connectivity index (χ0) is 27.8. The van der Waals surface area contributed by atoms with Gasteiger partial charge in [0.25, 0.3) is 11.8 Å². The number of piperazine rings is 1. The molecule has 0 aromatic heterocycles. The maximum Gasteiger partial charge on any atom is 0.320 e. The average Bonchev–Trinajstić information content (AvgIpc) is 3.22. The van der Waals surface area contributed by atoms with Crippen LogP contribution in [0.1, 0.15) is 71.2 Å². The number of carbonyl (C=O) groups excluding carboxylic acids is 5. The molecule has 0 saturated carbocycles. The molecular weight excluding hydrogens is 512 g/mol. The van der Waals surface area contributed by atoms with Gasteiger partial charge in [-0.2, -0.15) is 0 Å². The molecule has 40 heavy (non-hydrogen) atoms. The first-order chi connectivity index (χ1) is 19.4. The molecule has 0 aliphatic carbocycles. The van der Waals surface area contributed by atoms with Crippen molar-refractivity contribution in [2.24, 2.45) is 0 Å². The first-order valence-corrected chi connectivity index (χ1v) is 14.7. The van der Waals surface area contributed by atoms with Crippen molar-refractivity contribution in [2.45, 2.75) is 63.6 Å². The Hall–Kier alpha value is -3.31. The monoisotopic (exact) mass is 550 g/mol. The van der Waals surface area contributed by atoms with E-state index < -0.39 is 23.8 Å². The third kappa shape index (κ3) is 5.24. The van der Waals surface area contributed by atoms with Gasteiger partial charge in [0.1, 0.15) is 6.04 Å². The van der Waals surface area contributed by atoms with Gasteiger partial charge in [0.05, 0.1) is 11.1 Å². The van der Waals surface area contributed by atoms with E-state index in [0.29, 0.717) is 31.2 Å². The van der Waals surface area contributed by atoms with Gasteiger partial charge in [-0.3, -0.25) is 34.3 Å². The van der Waals surface area contributed by atoms with E-state index in [1.165, 1.54) is 32.4 Å². The highest BCUT2D eigenvalue weighted by atomic mass is 16.2. The van der Waals surface area contributed by atoms with Crippen LogP contribution in [-0.4, -0.2) is 119 Å². The van der Waals surface area contributed by atoms with E-state index in [-0.39, 0.29) is 30.3 Å². The summed E-state index contributed by atoms with van der Waals surface area (Å²) in [6.45, 7) is 7.48. The van der Waals surface area contributed by atoms with Crippen molar-refractivity contribution >= 4 is 29.7 Å². The zero-order valence-corrected chi connectivity index (χ0v) is 23.0. The van der Waals surface area contributed by atoms with Gasteiger partial charge in [-0.25, -0.2) is 4.79 Å². The van der Waals surface area contributed by atoms with Crippen molar-refractivity contribution in [1.82, 2.24) is 29.8 Å². The van der Waals surface area contributed by atoms with Crippen LogP contribution in [0.25, 0.3) is 0 Å². The fourth-order valence-corrected chi connectivity index (χ4v) is 6.88. The first-order valence-electron chi connectivity index (χ1n) is 14.7. The second kappa shape index (κ2) is 11.3. The number of piperidine rings is 3. The van der Waals surface area contributed by atoms with Crippen LogP contribution < -0.4 is 5.32 Å². The van der Waals surface area contributed by atoms with E-state index in [2.05, 4.69) is 15.1 Å². The Balaban J connectivity index is 1.00. The predicted octanol–water partition coefficient (Wildman–Crippen LogP) is 1.28. The summed E-state index contributed by atoms with van der Waals surface area (Å²) in [6.07, 6.45) is 6.29. The highest BCUT2D eigenvalue weighted by Crippen LogP contribution is 2.29. The molecule has 4 fully saturated rings. The number of urea groups is 1. The average molecular weight is 551 g/mol. The molecule has 1 atom stereocenters. The lowest BCUT2D eigenvalue weighted by molar-refractivity contribution is -0.136. The van der Waals surface area contributed by atoms with Gasteiger partial charge < -0.3 is 14.7 Å². The molecule has 1 unspecified atom stereocenters. The summed E-state index contributed by atoms with van der Waals surface area (Å²) in [7, 11) is 0. The van der Waals surface area contributed by atoms with Crippen molar-refractivity contribution in [3.63, 3.8) is 0 Å². The molecule has 214 valence electrons. The van der Waals surface area contributed by atoms with Gasteiger partial charge in [0, 0.05) is 58.3 Å². The van der Waals surface area contributed by atoms with Crippen molar-refractivity contribution in [2.75, 3.05) is 52.4 Å². The minimum atomic E-state index is -0.963. The number of amides is 6. The van der Waals surface area contributed by atoms with Crippen LogP contribution in [0.4, 0.5) is 4.79 Å². The van der Waals surface area contributed by atoms with Crippen LogP contribution in [0.15, 0.2) is 18.2 Å². The minimum absolute atomic E-state index is 0.0976. The lowest BCUT2D eigenvalue weighted by Crippen LogP contribution is -2.55. The number of hydrogen-bond acceptors (Lipinski definition) is 7. The minimum Gasteiger partial charge on any atom is -0.325 e. The maximum atomic E-state index is 13.2. The summed E-state index contributed by atoms with van der Waals surface area (Å²) in [4.78, 5) is 72.9. The molecule has 0 spiro atoms. The highest BCUT2D eigenvalue weighted by Gasteiger charge is 2.44. The number of fused-ring (bicyclic) bond motifs is 1. The Kier molecular flexibility index (Phi) is 7.59. The lowest BCUT2D eigenvalue weighted by atomic mass is 10.00. The van der Waals surface area contributed by atoms with Crippen molar-refractivity contribution in [3.05, 3.63) is 34.9 Å². The smallest absolute Gasteiger partial charge is 0.320 e. The molecule has 11 nitrogen and oxygen atoms in total. The standard InChI is InChI=1S/C29H38N6O5/c36-25-7-6-24(26(37)30-25)35-27(38)22-5-4-20(18-23(22)28(35)39)19-31-14-16-34(17-15-31)29(40)33-12-8-21(9-13-33)32-10-2-1-3-11-32/h4-5,18,21,24H,1-3,6-17,19H2,(H,30,36,37). The molecule has 1 aromatic carbocycles. The van der Waals surface area contributed by atoms with Crippen molar-refractivity contribution in [3.8, 4) is 0 Å². The second-order valence-corrected chi connectivity index (χ2v) is 11.7. The Bertz CT molecular complexity index is 1200. The third-order valence-electron chi connectivity index (χ3n) is 9.20. The van der Waals surface area contributed by atoms with Gasteiger partial charge in [0.2, 0.25) is 11.8 Å². The third-order valence-corrected chi connectivity index (χ3v) is 9.20. The van der Waals surface area contributed by atoms with E-state index in [0.717, 1.165) is 49.5 Å². The van der Waals surface area contributed by atoms with Crippen molar-refractivity contribution < 1.29 is 24.0 Å². The molecule has 6 rings (SSSR count). The Morgan fingerprint density at radius 2 is 1.45 bits per heavy atom. The van der Waals surface area contributed by atoms with Gasteiger partial charge in [-0.05, 0) is 62.9 Å². The molecule has 0 radical (unpaired) electrons. The molecule has 5 aliphatic rings. The maximum absolute atomic E-state index is 13.2. The fraction of sp³-hybridized carbons (Fsp3) is 0.621. The van der Waals surface area contributed by atoms with Gasteiger partial charge in [-0.1, -0.05) is 12.5 Å². The highest BCUT2D eigenvalue weighted by molar-refractivity contribution is 6.23. The molecule has 4 saturated heterocycles. The molecule has 1 aromatic rings. The van der Waals surface area contributed by atoms with Gasteiger partial charge in [0.15, 0.2) is 0 Å². The predicted molar refractivity (Wildman–Crippen MR) is 145 cm³/mol. The number of rotatable bonds is 4. The molecule has 5 aliphatic heterocycles. The summed E-state index contributed by atoms with van der Waals surface area (Å²) in [6, 6.07) is 5.05. The fourth-order valence-electron chi connectivity index (χ4n) is 6.88. The Labute approximate surface area is 234 Å². The number of likely N-dealkylation sites (tertiary alicyclic amines) is 2. The SMILES string of the molecule is O=C1CCC(N2C(=O)c3ccc(CN4CCN(C(=O)N5CCC(N6CCCCC6)CC5)CC4)cc3C2=O)C(=O)N1. The topological polar surface area (TPSA) is 114 Å². The first kappa shape index (κ1) is 26.9. The van der Waals surface area contributed by atoms with Gasteiger partial charge >= 0.3 is 6.03 Å². The zero-order valence-electron chi connectivity index (χ0n) is 23.0. The molecule has 6 amide bonds. The second-order valence-electron chi connectivity index (χ2n) is 11.7. The van der Waals surface area contributed by atoms with Crippen LogP contribution >= 0.6 is 0 Å². The summed E-state index contributed by atoms with van der Waals surface area (Å²) in [5.74, 6) is -1.98. The van der Waals surface area contributed by atoms with E-state index in [1.54, 1.807) is 12.1 Å². The molecule has 11 heteroatoms. The molecule has 0 bridgehead atoms. The molecule has 1 N–H and O–H groups in total. The van der Waals surface area contributed by atoms with E-state index in [9.17, 15) is 24.0 Å². The summed E-state index contributed by atoms with van der Waals surface area (Å²) < 4.78 is 0. The van der Waals surface area contributed by atoms with Crippen LogP contribution in [0.2, 0.25) is 0 Å². The number of hydrogen-bond donors (Lipinski definition) is 1. The van der Waals surface area contributed by atoms with Crippen molar-refractivity contribution in [1.29, 1.82) is 0 Å². The number of nitrogens with zero attached hydrogens (tertiary/aromatic N) is 5. The number of carbonyl (C=O) groups is 5. The summed E-state index contributed by atoms with van der Waals surface area (Å²) in [5, 5.41) is 2.22. The normalized spacial score (nSPS) is 25.4. The lowest BCUT2D eigenvalue weighted by Gasteiger charge is -2.42. The van der Waals surface area contributed by atoms with E-state index in [4.69, 9.17) is 0 Å². The van der Waals surface area contributed by atoms with Crippen LogP contribution in [0.5, 0.6) is 0 Å². The number of imide groups is 2. The quantitative estimate of drug-likeness (QED) is 0.562. The van der Waals surface area contributed by atoms with Crippen LogP contribution in [-0.2, 0) is 16.1 Å². The van der Waals surface area contributed by atoms with E-state index >= 15 is 0 Å². The van der Waals surface area contributed by atoms with E-state index in [1.807, 2.05) is 15.9 Å². The van der Waals surface area contributed by atoms with Crippen LogP contribution in [0, 0.1) is 0 Å².